The van der Waals surface area contributed by atoms with Gasteiger partial charge in [-0.05, 0) is 79.4 Å². The van der Waals surface area contributed by atoms with Gasteiger partial charge in [0.15, 0.2) is 0 Å². The second-order valence-corrected chi connectivity index (χ2v) is 8.38. The summed E-state index contributed by atoms with van der Waals surface area (Å²) in [5.74, 6) is 1.48. The fourth-order valence-electron chi connectivity index (χ4n) is 2.09. The highest BCUT2D eigenvalue weighted by atomic mass is 79.9. The Balaban J connectivity index is 2.58. The zero-order valence-electron chi connectivity index (χ0n) is 12.2. The van der Waals surface area contributed by atoms with E-state index in [-0.39, 0.29) is 5.54 Å². The average Bonchev–Trinajstić information content (AvgIpc) is 2.59. The van der Waals surface area contributed by atoms with Gasteiger partial charge in [0.25, 0.3) is 0 Å². The minimum atomic E-state index is 0.210. The fraction of sp³-hybridized carbons (Fsp3) is 0.733. The second kappa shape index (κ2) is 7.06. The Labute approximate surface area is 125 Å². The monoisotopic (exact) mass is 331 g/mol. The summed E-state index contributed by atoms with van der Waals surface area (Å²) in [5, 5.41) is 5.82. The van der Waals surface area contributed by atoms with Crippen LogP contribution in [0.2, 0.25) is 0 Å². The molecular weight excluding hydrogens is 306 g/mol. The normalized spacial score (nSPS) is 14.2. The molecule has 1 aromatic heterocycles. The number of halogens is 1. The van der Waals surface area contributed by atoms with Crippen LogP contribution in [0.4, 0.5) is 0 Å². The van der Waals surface area contributed by atoms with Crippen LogP contribution in [0.25, 0.3) is 0 Å². The zero-order chi connectivity index (χ0) is 13.8. The Kier molecular flexibility index (Phi) is 6.36. The molecule has 1 atom stereocenters. The van der Waals surface area contributed by atoms with E-state index in [4.69, 9.17) is 0 Å². The molecule has 1 unspecified atom stereocenters. The first-order valence-corrected chi connectivity index (χ1v) is 8.42. The van der Waals surface area contributed by atoms with Gasteiger partial charge in [-0.25, -0.2) is 0 Å². The van der Waals surface area contributed by atoms with E-state index in [1.54, 1.807) is 0 Å². The van der Waals surface area contributed by atoms with Crippen LogP contribution in [0.5, 0.6) is 0 Å². The van der Waals surface area contributed by atoms with Crippen LogP contribution < -0.4 is 5.32 Å². The van der Waals surface area contributed by atoms with Gasteiger partial charge >= 0.3 is 0 Å². The first-order valence-electron chi connectivity index (χ1n) is 6.75. The van der Waals surface area contributed by atoms with Gasteiger partial charge in [0, 0.05) is 14.9 Å². The van der Waals surface area contributed by atoms with Crippen molar-refractivity contribution in [1.29, 1.82) is 0 Å². The molecule has 0 saturated carbocycles. The van der Waals surface area contributed by atoms with E-state index in [1.807, 2.05) is 11.3 Å². The van der Waals surface area contributed by atoms with Crippen molar-refractivity contribution in [1.82, 2.24) is 5.32 Å². The van der Waals surface area contributed by atoms with Gasteiger partial charge in [-0.3, -0.25) is 0 Å². The lowest BCUT2D eigenvalue weighted by Gasteiger charge is -2.26. The molecule has 0 saturated heterocycles. The minimum Gasteiger partial charge on any atom is -0.312 e. The molecule has 1 N–H and O–H groups in total. The molecule has 0 aliphatic rings. The number of hydrogen-bond donors (Lipinski definition) is 1. The predicted molar refractivity (Wildman–Crippen MR) is 86.4 cm³/mol. The largest absolute Gasteiger partial charge is 0.312 e. The summed E-state index contributed by atoms with van der Waals surface area (Å²) in [4.78, 5) is 1.48. The summed E-state index contributed by atoms with van der Waals surface area (Å²) in [5.41, 5.74) is 0.210. The van der Waals surface area contributed by atoms with E-state index < -0.39 is 0 Å². The highest BCUT2D eigenvalue weighted by molar-refractivity contribution is 9.10. The van der Waals surface area contributed by atoms with Gasteiger partial charge in [-0.1, -0.05) is 13.8 Å². The first kappa shape index (κ1) is 16.2. The number of hydrogen-bond acceptors (Lipinski definition) is 2. The third-order valence-electron chi connectivity index (χ3n) is 2.89. The summed E-state index contributed by atoms with van der Waals surface area (Å²) in [6, 6.07) is 2.16. The Morgan fingerprint density at radius 3 is 2.44 bits per heavy atom. The SMILES string of the molecule is CC(C)CC(CNC(C)(C)C)Cc1sccc1Br. The molecule has 0 bridgehead atoms. The van der Waals surface area contributed by atoms with Crippen molar-refractivity contribution in [3.05, 3.63) is 20.8 Å². The van der Waals surface area contributed by atoms with Gasteiger partial charge < -0.3 is 5.32 Å². The second-order valence-electron chi connectivity index (χ2n) is 6.52. The molecule has 0 spiro atoms. The number of nitrogens with one attached hydrogen (secondary N) is 1. The lowest BCUT2D eigenvalue weighted by atomic mass is 9.92. The van der Waals surface area contributed by atoms with Crippen molar-refractivity contribution in [3.63, 3.8) is 0 Å². The molecule has 0 aliphatic heterocycles. The van der Waals surface area contributed by atoms with Gasteiger partial charge in [0.05, 0.1) is 0 Å². The molecule has 0 aliphatic carbocycles. The fourth-order valence-corrected chi connectivity index (χ4v) is 3.72. The van der Waals surface area contributed by atoms with Crippen molar-refractivity contribution in [2.75, 3.05) is 6.54 Å². The molecule has 1 nitrogen and oxygen atoms in total. The lowest BCUT2D eigenvalue weighted by molar-refractivity contribution is 0.332. The standard InChI is InChI=1S/C15H26BrNS/c1-11(2)8-12(10-17-15(3,4)5)9-14-13(16)6-7-18-14/h6-7,11-12,17H,8-10H2,1-5H3. The smallest absolute Gasteiger partial charge is 0.0314 e. The molecule has 1 heterocycles. The molecule has 1 aromatic rings. The van der Waals surface area contributed by atoms with Crippen molar-refractivity contribution >= 4 is 27.3 Å². The van der Waals surface area contributed by atoms with E-state index in [0.717, 1.165) is 18.4 Å². The van der Waals surface area contributed by atoms with Crippen LogP contribution in [0, 0.1) is 11.8 Å². The topological polar surface area (TPSA) is 12.0 Å². The van der Waals surface area contributed by atoms with Crippen LogP contribution in [0.15, 0.2) is 15.9 Å². The summed E-state index contributed by atoms with van der Waals surface area (Å²) in [6.45, 7) is 12.4. The predicted octanol–water partition coefficient (Wildman–Crippen LogP) is 5.10. The average molecular weight is 332 g/mol. The maximum absolute atomic E-state index is 3.65. The van der Waals surface area contributed by atoms with Crippen LogP contribution in [0.1, 0.15) is 45.9 Å². The highest BCUT2D eigenvalue weighted by Crippen LogP contribution is 2.27. The summed E-state index contributed by atoms with van der Waals surface area (Å²) >= 11 is 5.51. The van der Waals surface area contributed by atoms with E-state index in [2.05, 4.69) is 67.3 Å². The number of rotatable bonds is 6. The van der Waals surface area contributed by atoms with E-state index in [0.29, 0.717) is 0 Å². The van der Waals surface area contributed by atoms with Crippen LogP contribution >= 0.6 is 27.3 Å². The molecule has 1 rings (SSSR count). The molecular formula is C15H26BrNS. The van der Waals surface area contributed by atoms with Crippen molar-refractivity contribution in [2.45, 2.75) is 53.0 Å². The maximum Gasteiger partial charge on any atom is 0.0314 e. The van der Waals surface area contributed by atoms with E-state index in [9.17, 15) is 0 Å². The molecule has 18 heavy (non-hydrogen) atoms. The van der Waals surface area contributed by atoms with Crippen LogP contribution in [-0.4, -0.2) is 12.1 Å². The molecule has 104 valence electrons. The summed E-state index contributed by atoms with van der Waals surface area (Å²) in [6.07, 6.45) is 2.47. The highest BCUT2D eigenvalue weighted by Gasteiger charge is 2.17. The number of thiophene rings is 1. The van der Waals surface area contributed by atoms with Gasteiger partial charge in [-0.2, -0.15) is 0 Å². The zero-order valence-corrected chi connectivity index (χ0v) is 14.6. The van der Waals surface area contributed by atoms with Crippen molar-refractivity contribution < 1.29 is 0 Å². The Hall–Kier alpha value is 0.140. The molecule has 3 heteroatoms. The maximum atomic E-state index is 3.65. The Morgan fingerprint density at radius 1 is 1.33 bits per heavy atom. The Bertz CT molecular complexity index is 352. The molecule has 0 fully saturated rings. The lowest BCUT2D eigenvalue weighted by Crippen LogP contribution is -2.39. The Morgan fingerprint density at radius 2 is 2.00 bits per heavy atom. The van der Waals surface area contributed by atoms with Crippen LogP contribution in [-0.2, 0) is 6.42 Å². The van der Waals surface area contributed by atoms with Gasteiger partial charge in [-0.15, -0.1) is 11.3 Å². The van der Waals surface area contributed by atoms with Crippen LogP contribution in [0.3, 0.4) is 0 Å². The molecule has 0 radical (unpaired) electrons. The van der Waals surface area contributed by atoms with E-state index in [1.165, 1.54) is 22.2 Å². The van der Waals surface area contributed by atoms with E-state index >= 15 is 0 Å². The minimum absolute atomic E-state index is 0.210. The van der Waals surface area contributed by atoms with Crippen molar-refractivity contribution in [2.24, 2.45) is 11.8 Å². The molecule has 0 aromatic carbocycles. The summed E-state index contributed by atoms with van der Waals surface area (Å²) in [7, 11) is 0. The molecule has 0 amide bonds. The third kappa shape index (κ3) is 6.35. The first-order chi connectivity index (χ1) is 8.28. The quantitative estimate of drug-likeness (QED) is 0.764. The summed E-state index contributed by atoms with van der Waals surface area (Å²) < 4.78 is 1.28. The van der Waals surface area contributed by atoms with Gasteiger partial charge in [0.2, 0.25) is 0 Å². The van der Waals surface area contributed by atoms with Gasteiger partial charge in [0.1, 0.15) is 0 Å². The third-order valence-corrected chi connectivity index (χ3v) is 4.84. The van der Waals surface area contributed by atoms with Crippen molar-refractivity contribution in [3.8, 4) is 0 Å².